The van der Waals surface area contributed by atoms with Crippen molar-refractivity contribution in [3.8, 4) is 6.07 Å². The maximum atomic E-state index is 11.4. The van der Waals surface area contributed by atoms with Crippen molar-refractivity contribution in [3.05, 3.63) is 69.8 Å². The zero-order valence-electron chi connectivity index (χ0n) is 15.7. The maximum Gasteiger partial charge on any atom is 0.293 e. The monoisotopic (exact) mass is 381 g/mol. The first-order valence-electron chi connectivity index (χ1n) is 9.31. The Labute approximate surface area is 164 Å². The molecule has 0 spiro atoms. The minimum atomic E-state index is -0.479. The normalized spacial score (nSPS) is 16.7. The number of rotatable bonds is 7. The SMILES string of the molecule is CC(Nc1ccc(C#N)cc1[N+](=O)[O-])C(OC1CCOCC1)c1ccccc1. The topological polar surface area (TPSA) is 97.4 Å². The van der Waals surface area contributed by atoms with Crippen LogP contribution in [0.25, 0.3) is 0 Å². The minimum absolute atomic E-state index is 0.0826. The van der Waals surface area contributed by atoms with Crippen molar-refractivity contribution >= 4 is 11.4 Å². The average molecular weight is 381 g/mol. The third-order valence-electron chi connectivity index (χ3n) is 4.80. The molecule has 0 aromatic heterocycles. The van der Waals surface area contributed by atoms with Gasteiger partial charge in [0.05, 0.1) is 28.7 Å². The van der Waals surface area contributed by atoms with E-state index in [2.05, 4.69) is 5.32 Å². The first kappa shape index (κ1) is 19.8. The standard InChI is InChI=1S/C21H23N3O4/c1-15(23-19-8-7-16(14-22)13-20(19)24(25)26)21(17-5-3-2-4-6-17)28-18-9-11-27-12-10-18/h2-8,13,15,18,21,23H,9-12H2,1H3. The molecule has 2 aromatic carbocycles. The van der Waals surface area contributed by atoms with Crippen molar-refractivity contribution in [1.29, 1.82) is 5.26 Å². The van der Waals surface area contributed by atoms with Gasteiger partial charge in [-0.25, -0.2) is 0 Å². The van der Waals surface area contributed by atoms with Gasteiger partial charge in [-0.1, -0.05) is 30.3 Å². The van der Waals surface area contributed by atoms with E-state index in [1.807, 2.05) is 43.3 Å². The van der Waals surface area contributed by atoms with Gasteiger partial charge in [0.1, 0.15) is 11.8 Å². The summed E-state index contributed by atoms with van der Waals surface area (Å²) in [6, 6.07) is 16.0. The van der Waals surface area contributed by atoms with Crippen LogP contribution >= 0.6 is 0 Å². The van der Waals surface area contributed by atoms with Gasteiger partial charge in [0, 0.05) is 19.3 Å². The van der Waals surface area contributed by atoms with Crippen LogP contribution in [0.3, 0.4) is 0 Å². The first-order valence-corrected chi connectivity index (χ1v) is 9.31. The number of nitrogens with zero attached hydrogens (tertiary/aromatic N) is 2. The molecule has 146 valence electrons. The summed E-state index contributed by atoms with van der Waals surface area (Å²) >= 11 is 0. The molecule has 2 atom stereocenters. The Bertz CT molecular complexity index is 844. The Hall–Kier alpha value is -2.95. The van der Waals surface area contributed by atoms with Gasteiger partial charge in [0.2, 0.25) is 0 Å². The molecule has 0 saturated carbocycles. The molecule has 28 heavy (non-hydrogen) atoms. The Morgan fingerprint density at radius 3 is 2.61 bits per heavy atom. The fourth-order valence-corrected chi connectivity index (χ4v) is 3.34. The Morgan fingerprint density at radius 2 is 1.96 bits per heavy atom. The number of benzene rings is 2. The van der Waals surface area contributed by atoms with E-state index in [4.69, 9.17) is 14.7 Å². The van der Waals surface area contributed by atoms with Crippen LogP contribution in [0, 0.1) is 21.4 Å². The highest BCUT2D eigenvalue weighted by Crippen LogP contribution is 2.31. The summed E-state index contributed by atoms with van der Waals surface area (Å²) in [5, 5.41) is 23.7. The molecule has 1 saturated heterocycles. The highest BCUT2D eigenvalue weighted by molar-refractivity contribution is 5.64. The largest absolute Gasteiger partial charge is 0.381 e. The smallest absolute Gasteiger partial charge is 0.293 e. The van der Waals surface area contributed by atoms with Gasteiger partial charge in [-0.3, -0.25) is 10.1 Å². The predicted octanol–water partition coefficient (Wildman–Crippen LogP) is 4.20. The summed E-state index contributed by atoms with van der Waals surface area (Å²) in [4.78, 5) is 11.0. The number of hydrogen-bond acceptors (Lipinski definition) is 6. The van der Waals surface area contributed by atoms with Gasteiger partial charge in [0.25, 0.3) is 5.69 Å². The van der Waals surface area contributed by atoms with Crippen molar-refractivity contribution in [2.24, 2.45) is 0 Å². The summed E-state index contributed by atoms with van der Waals surface area (Å²) in [6.07, 6.45) is 1.46. The van der Waals surface area contributed by atoms with Crippen LogP contribution in [-0.4, -0.2) is 30.3 Å². The van der Waals surface area contributed by atoms with E-state index in [0.29, 0.717) is 18.9 Å². The van der Waals surface area contributed by atoms with E-state index >= 15 is 0 Å². The Balaban J connectivity index is 1.84. The summed E-state index contributed by atoms with van der Waals surface area (Å²) in [6.45, 7) is 3.29. The van der Waals surface area contributed by atoms with Gasteiger partial charge in [-0.2, -0.15) is 5.26 Å². The summed E-state index contributed by atoms with van der Waals surface area (Å²) < 4.78 is 11.8. The lowest BCUT2D eigenvalue weighted by atomic mass is 10.0. The molecule has 1 N–H and O–H groups in total. The number of nitrogens with one attached hydrogen (secondary N) is 1. The number of nitriles is 1. The lowest BCUT2D eigenvalue weighted by Crippen LogP contribution is -2.32. The van der Waals surface area contributed by atoms with E-state index in [-0.39, 0.29) is 29.5 Å². The molecule has 0 radical (unpaired) electrons. The quantitative estimate of drug-likeness (QED) is 0.570. The molecule has 3 rings (SSSR count). The van der Waals surface area contributed by atoms with Gasteiger partial charge < -0.3 is 14.8 Å². The summed E-state index contributed by atoms with van der Waals surface area (Å²) in [5.74, 6) is 0. The van der Waals surface area contributed by atoms with E-state index in [1.165, 1.54) is 6.07 Å². The predicted molar refractivity (Wildman–Crippen MR) is 105 cm³/mol. The second kappa shape index (κ2) is 9.31. The van der Waals surface area contributed by atoms with E-state index in [1.54, 1.807) is 12.1 Å². The van der Waals surface area contributed by atoms with Crippen molar-refractivity contribution < 1.29 is 14.4 Å². The lowest BCUT2D eigenvalue weighted by molar-refractivity contribution is -0.384. The van der Waals surface area contributed by atoms with Crippen LogP contribution in [-0.2, 0) is 9.47 Å². The molecule has 1 aliphatic heterocycles. The van der Waals surface area contributed by atoms with Crippen molar-refractivity contribution in [3.63, 3.8) is 0 Å². The molecule has 1 heterocycles. The van der Waals surface area contributed by atoms with Crippen molar-refractivity contribution in [2.45, 2.75) is 38.0 Å². The summed E-state index contributed by atoms with van der Waals surface area (Å²) in [7, 11) is 0. The fraction of sp³-hybridized carbons (Fsp3) is 0.381. The number of anilines is 1. The van der Waals surface area contributed by atoms with E-state index in [9.17, 15) is 10.1 Å². The number of hydrogen-bond donors (Lipinski definition) is 1. The fourth-order valence-electron chi connectivity index (χ4n) is 3.34. The average Bonchev–Trinajstić information content (AvgIpc) is 2.73. The van der Waals surface area contributed by atoms with E-state index in [0.717, 1.165) is 18.4 Å². The molecule has 1 aliphatic rings. The molecule has 0 bridgehead atoms. The maximum absolute atomic E-state index is 11.4. The number of nitro benzene ring substituents is 1. The van der Waals surface area contributed by atoms with E-state index < -0.39 is 4.92 Å². The Morgan fingerprint density at radius 1 is 1.25 bits per heavy atom. The molecule has 1 fully saturated rings. The van der Waals surface area contributed by atoms with Gasteiger partial charge in [-0.05, 0) is 37.5 Å². The zero-order valence-corrected chi connectivity index (χ0v) is 15.7. The highest BCUT2D eigenvalue weighted by Gasteiger charge is 2.27. The third-order valence-corrected chi connectivity index (χ3v) is 4.80. The molecule has 0 aliphatic carbocycles. The molecule has 7 nitrogen and oxygen atoms in total. The van der Waals surface area contributed by atoms with Crippen LogP contribution in [0.1, 0.15) is 37.0 Å². The van der Waals surface area contributed by atoms with Crippen LogP contribution in [0.5, 0.6) is 0 Å². The van der Waals surface area contributed by atoms with Crippen LogP contribution in [0.15, 0.2) is 48.5 Å². The second-order valence-electron chi connectivity index (χ2n) is 6.81. The number of nitro groups is 1. The van der Waals surface area contributed by atoms with Gasteiger partial charge >= 0.3 is 0 Å². The van der Waals surface area contributed by atoms with Gasteiger partial charge in [-0.15, -0.1) is 0 Å². The van der Waals surface area contributed by atoms with Crippen molar-refractivity contribution in [2.75, 3.05) is 18.5 Å². The zero-order chi connectivity index (χ0) is 19.9. The number of ether oxygens (including phenoxy) is 2. The summed E-state index contributed by atoms with van der Waals surface area (Å²) in [5.41, 5.74) is 1.50. The minimum Gasteiger partial charge on any atom is -0.381 e. The van der Waals surface area contributed by atoms with Crippen LogP contribution in [0.2, 0.25) is 0 Å². The molecular weight excluding hydrogens is 358 g/mol. The first-order chi connectivity index (χ1) is 13.6. The van der Waals surface area contributed by atoms with Crippen LogP contribution < -0.4 is 5.32 Å². The molecule has 0 amide bonds. The lowest BCUT2D eigenvalue weighted by Gasteiger charge is -2.32. The van der Waals surface area contributed by atoms with Crippen LogP contribution in [0.4, 0.5) is 11.4 Å². The molecular formula is C21H23N3O4. The van der Waals surface area contributed by atoms with Crippen molar-refractivity contribution in [1.82, 2.24) is 0 Å². The molecule has 7 heteroatoms. The second-order valence-corrected chi connectivity index (χ2v) is 6.81. The Kier molecular flexibility index (Phi) is 6.58. The molecule has 2 unspecified atom stereocenters. The van der Waals surface area contributed by atoms with Gasteiger partial charge in [0.15, 0.2) is 0 Å². The molecule has 2 aromatic rings. The third kappa shape index (κ3) is 4.85. The highest BCUT2D eigenvalue weighted by atomic mass is 16.6.